The van der Waals surface area contributed by atoms with Gasteiger partial charge in [-0.2, -0.15) is 5.10 Å². The second-order valence-electron chi connectivity index (χ2n) is 7.75. The maximum atomic E-state index is 12.0. The van der Waals surface area contributed by atoms with Gasteiger partial charge in [0.05, 0.1) is 24.5 Å². The van der Waals surface area contributed by atoms with Gasteiger partial charge in [-0.1, -0.05) is 0 Å². The van der Waals surface area contributed by atoms with Crippen molar-refractivity contribution in [1.29, 1.82) is 0 Å². The van der Waals surface area contributed by atoms with Crippen molar-refractivity contribution in [2.24, 2.45) is 5.10 Å². The first-order valence-electron chi connectivity index (χ1n) is 11.5. The molecular weight excluding hydrogens is 468 g/mol. The molecule has 1 heterocycles. The molecule has 0 unspecified atom stereocenters. The molecule has 1 aliphatic rings. The lowest BCUT2D eigenvalue weighted by atomic mass is 10.2. The van der Waals surface area contributed by atoms with Gasteiger partial charge in [0.15, 0.2) is 6.61 Å². The molecule has 3 N–H and O–H groups in total. The number of amides is 3. The molecule has 11 nitrogen and oxygen atoms in total. The summed E-state index contributed by atoms with van der Waals surface area (Å²) in [5.41, 5.74) is 3.45. The van der Waals surface area contributed by atoms with Crippen molar-refractivity contribution in [1.82, 2.24) is 10.7 Å². The van der Waals surface area contributed by atoms with Crippen molar-refractivity contribution in [3.63, 3.8) is 0 Å². The Morgan fingerprint density at radius 1 is 1.06 bits per heavy atom. The van der Waals surface area contributed by atoms with Gasteiger partial charge < -0.3 is 24.8 Å². The molecule has 36 heavy (non-hydrogen) atoms. The van der Waals surface area contributed by atoms with Crippen LogP contribution in [0.25, 0.3) is 0 Å². The van der Waals surface area contributed by atoms with E-state index in [1.807, 2.05) is 0 Å². The average Bonchev–Trinajstić information content (AvgIpc) is 3.41. The van der Waals surface area contributed by atoms with Crippen LogP contribution in [0.4, 0.5) is 5.69 Å². The molecule has 0 aromatic heterocycles. The molecule has 2 aromatic rings. The maximum absolute atomic E-state index is 12.0. The van der Waals surface area contributed by atoms with E-state index in [1.165, 1.54) is 30.5 Å². The smallest absolute Gasteiger partial charge is 0.338 e. The number of nitrogens with one attached hydrogen (secondary N) is 3. The topological polar surface area (TPSA) is 144 Å². The standard InChI is InChI=1S/C25H28N4O7/c1-2-34-25(33)18-7-9-19(10-8-18)28-23(31)24(32)29-27-14-17-5-11-20(12-6-17)36-16-22(30)26-15-21-4-3-13-35-21/h5-12,14,21H,2-4,13,15-16H2,1H3,(H,26,30)(H,28,31)(H,29,32)/b27-14-/t21-/m0/s1. The second-order valence-corrected chi connectivity index (χ2v) is 7.75. The van der Waals surface area contributed by atoms with Crippen molar-refractivity contribution >= 4 is 35.6 Å². The molecule has 190 valence electrons. The van der Waals surface area contributed by atoms with Crippen LogP contribution in [0, 0.1) is 0 Å². The van der Waals surface area contributed by atoms with Gasteiger partial charge in [0.2, 0.25) is 0 Å². The Kier molecular flexibility index (Phi) is 9.95. The summed E-state index contributed by atoms with van der Waals surface area (Å²) >= 11 is 0. The van der Waals surface area contributed by atoms with Crippen LogP contribution in [-0.4, -0.2) is 62.4 Å². The molecule has 0 radical (unpaired) electrons. The van der Waals surface area contributed by atoms with Crippen molar-refractivity contribution in [2.75, 3.05) is 31.7 Å². The van der Waals surface area contributed by atoms with E-state index in [0.29, 0.717) is 29.1 Å². The Balaban J connectivity index is 1.38. The van der Waals surface area contributed by atoms with Crippen molar-refractivity contribution in [2.45, 2.75) is 25.9 Å². The highest BCUT2D eigenvalue weighted by atomic mass is 16.5. The lowest BCUT2D eigenvalue weighted by Gasteiger charge is -2.11. The van der Waals surface area contributed by atoms with Gasteiger partial charge >= 0.3 is 17.8 Å². The second kappa shape index (κ2) is 13.6. The lowest BCUT2D eigenvalue weighted by Crippen LogP contribution is -2.35. The van der Waals surface area contributed by atoms with Gasteiger partial charge in [0, 0.05) is 18.8 Å². The minimum absolute atomic E-state index is 0.0726. The zero-order valence-electron chi connectivity index (χ0n) is 19.8. The largest absolute Gasteiger partial charge is 0.484 e. The Morgan fingerprint density at radius 2 is 1.81 bits per heavy atom. The number of benzene rings is 2. The highest BCUT2D eigenvalue weighted by Gasteiger charge is 2.16. The third-order valence-corrected chi connectivity index (χ3v) is 5.04. The minimum atomic E-state index is -0.963. The fourth-order valence-electron chi connectivity index (χ4n) is 3.19. The number of ether oxygens (including phenoxy) is 3. The predicted molar refractivity (Wildman–Crippen MR) is 131 cm³/mol. The van der Waals surface area contributed by atoms with Crippen LogP contribution in [0.3, 0.4) is 0 Å². The highest BCUT2D eigenvalue weighted by molar-refractivity contribution is 6.39. The molecule has 0 spiro atoms. The maximum Gasteiger partial charge on any atom is 0.338 e. The number of esters is 1. The predicted octanol–water partition coefficient (Wildman–Crippen LogP) is 1.63. The molecule has 3 amide bonds. The zero-order chi connectivity index (χ0) is 25.8. The first-order valence-corrected chi connectivity index (χ1v) is 11.5. The molecule has 1 aliphatic heterocycles. The third kappa shape index (κ3) is 8.51. The number of anilines is 1. The van der Waals surface area contributed by atoms with Gasteiger partial charge in [-0.15, -0.1) is 0 Å². The lowest BCUT2D eigenvalue weighted by molar-refractivity contribution is -0.136. The van der Waals surface area contributed by atoms with Gasteiger partial charge in [0.25, 0.3) is 5.91 Å². The minimum Gasteiger partial charge on any atom is -0.484 e. The summed E-state index contributed by atoms with van der Waals surface area (Å²) in [5.74, 6) is -2.09. The van der Waals surface area contributed by atoms with Gasteiger partial charge in [-0.25, -0.2) is 10.2 Å². The number of carbonyl (C=O) groups is 4. The summed E-state index contributed by atoms with van der Waals surface area (Å²) in [5, 5.41) is 8.95. The third-order valence-electron chi connectivity index (χ3n) is 5.04. The highest BCUT2D eigenvalue weighted by Crippen LogP contribution is 2.13. The quantitative estimate of drug-likeness (QED) is 0.196. The van der Waals surface area contributed by atoms with Crippen molar-refractivity contribution in [3.05, 3.63) is 59.7 Å². The first kappa shape index (κ1) is 26.4. The first-order chi connectivity index (χ1) is 17.4. The van der Waals surface area contributed by atoms with Gasteiger partial charge in [-0.3, -0.25) is 14.4 Å². The molecular formula is C25H28N4O7. The molecule has 0 saturated carbocycles. The summed E-state index contributed by atoms with van der Waals surface area (Å²) in [7, 11) is 0. The van der Waals surface area contributed by atoms with Crippen LogP contribution in [0.2, 0.25) is 0 Å². The number of hydrazone groups is 1. The molecule has 2 aromatic carbocycles. The number of hydrogen-bond donors (Lipinski definition) is 3. The summed E-state index contributed by atoms with van der Waals surface area (Å²) < 4.78 is 15.8. The van der Waals surface area contributed by atoms with Crippen LogP contribution in [0.1, 0.15) is 35.7 Å². The monoisotopic (exact) mass is 496 g/mol. The van der Waals surface area contributed by atoms with E-state index in [1.54, 1.807) is 31.2 Å². The fourth-order valence-corrected chi connectivity index (χ4v) is 3.19. The van der Waals surface area contributed by atoms with Crippen LogP contribution in [0.5, 0.6) is 5.75 Å². The summed E-state index contributed by atoms with van der Waals surface area (Å²) in [4.78, 5) is 47.5. The fraction of sp³-hybridized carbons (Fsp3) is 0.320. The molecule has 1 fully saturated rings. The number of nitrogens with zero attached hydrogens (tertiary/aromatic N) is 1. The number of carbonyl (C=O) groups excluding carboxylic acids is 4. The van der Waals surface area contributed by atoms with Crippen LogP contribution in [-0.2, 0) is 23.9 Å². The van der Waals surface area contributed by atoms with E-state index in [0.717, 1.165) is 19.4 Å². The van der Waals surface area contributed by atoms with E-state index in [4.69, 9.17) is 14.2 Å². The molecule has 11 heteroatoms. The molecule has 0 aliphatic carbocycles. The normalized spacial score (nSPS) is 14.8. The Bertz CT molecular complexity index is 1080. The van der Waals surface area contributed by atoms with E-state index < -0.39 is 17.8 Å². The van der Waals surface area contributed by atoms with Crippen molar-refractivity contribution < 1.29 is 33.4 Å². The molecule has 0 bridgehead atoms. The SMILES string of the molecule is CCOC(=O)c1ccc(NC(=O)C(=O)N/N=C\c2ccc(OCC(=O)NC[C@@H]3CCCO3)cc2)cc1. The summed E-state index contributed by atoms with van der Waals surface area (Å²) in [6, 6.07) is 12.6. The van der Waals surface area contributed by atoms with Gasteiger partial charge in [0.1, 0.15) is 5.75 Å². The Labute approximate surface area is 208 Å². The average molecular weight is 497 g/mol. The summed E-state index contributed by atoms with van der Waals surface area (Å²) in [6.07, 6.45) is 3.39. The van der Waals surface area contributed by atoms with E-state index in [2.05, 4.69) is 21.2 Å². The zero-order valence-corrected chi connectivity index (χ0v) is 19.8. The Hall–Kier alpha value is -4.25. The molecule has 3 rings (SSSR count). The van der Waals surface area contributed by atoms with Crippen LogP contribution < -0.4 is 20.8 Å². The van der Waals surface area contributed by atoms with E-state index in [9.17, 15) is 19.2 Å². The van der Waals surface area contributed by atoms with Crippen LogP contribution >= 0.6 is 0 Å². The Morgan fingerprint density at radius 3 is 2.47 bits per heavy atom. The number of hydrogen-bond acceptors (Lipinski definition) is 8. The molecule has 1 saturated heterocycles. The summed E-state index contributed by atoms with van der Waals surface area (Å²) in [6.45, 7) is 3.05. The number of rotatable bonds is 10. The van der Waals surface area contributed by atoms with Crippen LogP contribution in [0.15, 0.2) is 53.6 Å². The van der Waals surface area contributed by atoms with E-state index >= 15 is 0 Å². The van der Waals surface area contributed by atoms with Crippen molar-refractivity contribution in [3.8, 4) is 5.75 Å². The van der Waals surface area contributed by atoms with E-state index in [-0.39, 0.29) is 25.2 Å². The molecule has 1 atom stereocenters. The van der Waals surface area contributed by atoms with Gasteiger partial charge in [-0.05, 0) is 73.9 Å².